The Kier molecular flexibility index (Phi) is 4.57. The summed E-state index contributed by atoms with van der Waals surface area (Å²) in [4.78, 5) is 7.02. The highest BCUT2D eigenvalue weighted by atomic mass is 15.2. The predicted octanol–water partition coefficient (Wildman–Crippen LogP) is 1.61. The van der Waals surface area contributed by atoms with Gasteiger partial charge in [-0.3, -0.25) is 4.90 Å². The molecule has 17 heavy (non-hydrogen) atoms. The van der Waals surface area contributed by atoms with Gasteiger partial charge < -0.3 is 10.3 Å². The van der Waals surface area contributed by atoms with E-state index in [4.69, 9.17) is 5.73 Å². The zero-order chi connectivity index (χ0) is 12.1. The van der Waals surface area contributed by atoms with Crippen LogP contribution >= 0.6 is 0 Å². The van der Waals surface area contributed by atoms with E-state index in [1.165, 1.54) is 31.4 Å². The van der Waals surface area contributed by atoms with Crippen molar-refractivity contribution in [3.8, 4) is 0 Å². The lowest BCUT2D eigenvalue weighted by Crippen LogP contribution is -2.32. The summed E-state index contributed by atoms with van der Waals surface area (Å²) in [6.07, 6.45) is 9.52. The summed E-state index contributed by atoms with van der Waals surface area (Å²) in [5, 5.41) is 0. The van der Waals surface area contributed by atoms with Crippen molar-refractivity contribution >= 4 is 0 Å². The monoisotopic (exact) mass is 236 g/mol. The Morgan fingerprint density at radius 1 is 1.47 bits per heavy atom. The minimum Gasteiger partial charge on any atom is -0.336 e. The second-order valence-electron chi connectivity index (χ2n) is 4.89. The van der Waals surface area contributed by atoms with Crippen LogP contribution in [-0.4, -0.2) is 33.6 Å². The molecule has 1 aliphatic rings. The fourth-order valence-corrected chi connectivity index (χ4v) is 2.74. The highest BCUT2D eigenvalue weighted by molar-refractivity contribution is 4.97. The van der Waals surface area contributed by atoms with Crippen LogP contribution in [0.5, 0.6) is 0 Å². The smallest absolute Gasteiger partial charge is 0.0950 e. The highest BCUT2D eigenvalue weighted by Gasteiger charge is 2.21. The SMILES string of the molecule is CCN(Cc1cn(CCN)cn1)C1CCCC1. The summed E-state index contributed by atoms with van der Waals surface area (Å²) in [5.74, 6) is 0. The fraction of sp³-hybridized carbons (Fsp3) is 0.769. The van der Waals surface area contributed by atoms with Crippen LogP contribution in [-0.2, 0) is 13.1 Å². The lowest BCUT2D eigenvalue weighted by atomic mass is 10.2. The molecule has 0 amide bonds. The van der Waals surface area contributed by atoms with E-state index in [1.54, 1.807) is 0 Å². The number of aromatic nitrogens is 2. The van der Waals surface area contributed by atoms with Gasteiger partial charge in [-0.25, -0.2) is 4.98 Å². The third kappa shape index (κ3) is 3.30. The van der Waals surface area contributed by atoms with Gasteiger partial charge in [0.05, 0.1) is 12.0 Å². The summed E-state index contributed by atoms with van der Waals surface area (Å²) < 4.78 is 2.08. The van der Waals surface area contributed by atoms with Crippen LogP contribution < -0.4 is 5.73 Å². The predicted molar refractivity (Wildman–Crippen MR) is 69.6 cm³/mol. The molecule has 1 aliphatic carbocycles. The van der Waals surface area contributed by atoms with Gasteiger partial charge in [0, 0.05) is 31.9 Å². The Balaban J connectivity index is 1.92. The van der Waals surface area contributed by atoms with Crippen molar-refractivity contribution in [1.29, 1.82) is 0 Å². The van der Waals surface area contributed by atoms with Crippen molar-refractivity contribution in [3.63, 3.8) is 0 Å². The molecule has 0 radical (unpaired) electrons. The fourth-order valence-electron chi connectivity index (χ4n) is 2.74. The van der Waals surface area contributed by atoms with Crippen molar-refractivity contribution in [2.24, 2.45) is 5.73 Å². The van der Waals surface area contributed by atoms with Crippen LogP contribution in [0.15, 0.2) is 12.5 Å². The molecular weight excluding hydrogens is 212 g/mol. The maximum atomic E-state index is 5.54. The maximum absolute atomic E-state index is 5.54. The van der Waals surface area contributed by atoms with E-state index in [1.807, 2.05) is 6.33 Å². The molecule has 1 saturated carbocycles. The Morgan fingerprint density at radius 3 is 2.88 bits per heavy atom. The first-order chi connectivity index (χ1) is 8.33. The quantitative estimate of drug-likeness (QED) is 0.816. The average Bonchev–Trinajstić information content (AvgIpc) is 2.97. The molecule has 1 heterocycles. The third-order valence-corrected chi connectivity index (χ3v) is 3.69. The number of nitrogens with zero attached hydrogens (tertiary/aromatic N) is 3. The van der Waals surface area contributed by atoms with Gasteiger partial charge in [0.1, 0.15) is 0 Å². The van der Waals surface area contributed by atoms with Crippen molar-refractivity contribution in [3.05, 3.63) is 18.2 Å². The first-order valence-electron chi connectivity index (χ1n) is 6.78. The van der Waals surface area contributed by atoms with Crippen molar-refractivity contribution < 1.29 is 0 Å². The Morgan fingerprint density at radius 2 is 2.24 bits per heavy atom. The van der Waals surface area contributed by atoms with E-state index in [9.17, 15) is 0 Å². The van der Waals surface area contributed by atoms with Gasteiger partial charge in [0.2, 0.25) is 0 Å². The molecule has 2 rings (SSSR count). The van der Waals surface area contributed by atoms with Gasteiger partial charge in [-0.2, -0.15) is 0 Å². The summed E-state index contributed by atoms with van der Waals surface area (Å²) in [7, 11) is 0. The Bertz CT molecular complexity index is 328. The molecule has 0 spiro atoms. The first-order valence-corrected chi connectivity index (χ1v) is 6.78. The van der Waals surface area contributed by atoms with Crippen LogP contribution in [0.1, 0.15) is 38.3 Å². The molecule has 4 heteroatoms. The van der Waals surface area contributed by atoms with Gasteiger partial charge >= 0.3 is 0 Å². The maximum Gasteiger partial charge on any atom is 0.0950 e. The molecule has 0 aliphatic heterocycles. The molecule has 1 aromatic rings. The van der Waals surface area contributed by atoms with Gasteiger partial charge in [-0.15, -0.1) is 0 Å². The van der Waals surface area contributed by atoms with E-state index >= 15 is 0 Å². The van der Waals surface area contributed by atoms with E-state index in [-0.39, 0.29) is 0 Å². The van der Waals surface area contributed by atoms with Crippen molar-refractivity contribution in [1.82, 2.24) is 14.5 Å². The molecule has 0 bridgehead atoms. The summed E-state index contributed by atoms with van der Waals surface area (Å²) >= 11 is 0. The highest BCUT2D eigenvalue weighted by Crippen LogP contribution is 2.24. The summed E-state index contributed by atoms with van der Waals surface area (Å²) in [6.45, 7) is 5.89. The Hall–Kier alpha value is -0.870. The van der Waals surface area contributed by atoms with Crippen LogP contribution in [0, 0.1) is 0 Å². The van der Waals surface area contributed by atoms with E-state index in [0.29, 0.717) is 6.54 Å². The van der Waals surface area contributed by atoms with Crippen LogP contribution in [0.25, 0.3) is 0 Å². The molecule has 4 nitrogen and oxygen atoms in total. The van der Waals surface area contributed by atoms with E-state index in [0.717, 1.165) is 25.7 Å². The molecule has 0 atom stereocenters. The standard InChI is InChI=1S/C13H24N4/c1-2-17(13-5-3-4-6-13)10-12-9-16(8-7-14)11-15-12/h9,11,13H,2-8,10,14H2,1H3. The molecule has 1 fully saturated rings. The van der Waals surface area contributed by atoms with Crippen LogP contribution in [0.3, 0.4) is 0 Å². The molecular formula is C13H24N4. The minimum atomic E-state index is 0.677. The zero-order valence-electron chi connectivity index (χ0n) is 10.8. The number of imidazole rings is 1. The normalized spacial score (nSPS) is 17.1. The topological polar surface area (TPSA) is 47.1 Å². The number of hydrogen-bond acceptors (Lipinski definition) is 3. The van der Waals surface area contributed by atoms with E-state index in [2.05, 4.69) is 27.6 Å². The summed E-state index contributed by atoms with van der Waals surface area (Å²) in [6, 6.07) is 0.777. The molecule has 0 saturated heterocycles. The van der Waals surface area contributed by atoms with Gasteiger partial charge in [-0.05, 0) is 19.4 Å². The first kappa shape index (κ1) is 12.6. The van der Waals surface area contributed by atoms with Crippen molar-refractivity contribution in [2.45, 2.75) is 51.7 Å². The molecule has 0 aromatic carbocycles. The molecule has 2 N–H and O–H groups in total. The number of rotatable bonds is 6. The molecule has 1 aromatic heterocycles. The number of hydrogen-bond donors (Lipinski definition) is 1. The van der Waals surface area contributed by atoms with Crippen LogP contribution in [0.2, 0.25) is 0 Å². The molecule has 0 unspecified atom stereocenters. The van der Waals surface area contributed by atoms with Gasteiger partial charge in [-0.1, -0.05) is 19.8 Å². The summed E-state index contributed by atoms with van der Waals surface area (Å²) in [5.41, 5.74) is 6.71. The second-order valence-corrected chi connectivity index (χ2v) is 4.89. The second kappa shape index (κ2) is 6.17. The van der Waals surface area contributed by atoms with E-state index < -0.39 is 0 Å². The zero-order valence-corrected chi connectivity index (χ0v) is 10.8. The lowest BCUT2D eigenvalue weighted by Gasteiger charge is -2.26. The molecule has 96 valence electrons. The van der Waals surface area contributed by atoms with Gasteiger partial charge in [0.25, 0.3) is 0 Å². The largest absolute Gasteiger partial charge is 0.336 e. The average molecular weight is 236 g/mol. The lowest BCUT2D eigenvalue weighted by molar-refractivity contribution is 0.198. The Labute approximate surface area is 104 Å². The van der Waals surface area contributed by atoms with Gasteiger partial charge in [0.15, 0.2) is 0 Å². The third-order valence-electron chi connectivity index (χ3n) is 3.69. The number of nitrogens with two attached hydrogens (primary N) is 1. The van der Waals surface area contributed by atoms with Crippen molar-refractivity contribution in [2.75, 3.05) is 13.1 Å². The van der Waals surface area contributed by atoms with Crippen LogP contribution in [0.4, 0.5) is 0 Å². The minimum absolute atomic E-state index is 0.677.